The molecule has 4 nitrogen and oxygen atoms in total. The van der Waals surface area contributed by atoms with Gasteiger partial charge >= 0.3 is 11.6 Å². The molecule has 0 aliphatic rings. The number of rotatable bonds is 2. The van der Waals surface area contributed by atoms with E-state index in [4.69, 9.17) is 9.15 Å². The fourth-order valence-electron chi connectivity index (χ4n) is 2.69. The molecule has 1 heterocycles. The van der Waals surface area contributed by atoms with E-state index in [1.165, 1.54) is 6.07 Å². The highest BCUT2D eigenvalue weighted by Gasteiger charge is 2.17. The average molecular weight is 474 g/mol. The summed E-state index contributed by atoms with van der Waals surface area (Å²) in [6.45, 7) is 0. The van der Waals surface area contributed by atoms with Crippen LogP contribution in [0.3, 0.4) is 0 Å². The first-order chi connectivity index (χ1) is 12.5. The van der Waals surface area contributed by atoms with Gasteiger partial charge in [-0.2, -0.15) is 0 Å². The first-order valence-corrected chi connectivity index (χ1v) is 9.24. The van der Waals surface area contributed by atoms with Crippen LogP contribution < -0.4 is 10.4 Å². The molecular formula is C20H10Br2O4. The zero-order chi connectivity index (χ0) is 18.3. The minimum atomic E-state index is -0.757. The van der Waals surface area contributed by atoms with Crippen molar-refractivity contribution in [3.05, 3.63) is 85.6 Å². The quantitative estimate of drug-likeness (QED) is 0.213. The minimum absolute atomic E-state index is 0.157. The van der Waals surface area contributed by atoms with Crippen LogP contribution in [-0.4, -0.2) is 5.97 Å². The SMILES string of the molecule is O=C(Oc1ccc2ccccc2c1)c1cc2cc(Br)cc(Br)c2oc1=O. The Bertz CT molecular complexity index is 1230. The third-order valence-corrected chi connectivity index (χ3v) is 4.95. The minimum Gasteiger partial charge on any atom is -0.423 e. The molecule has 0 atom stereocenters. The summed E-state index contributed by atoms with van der Waals surface area (Å²) in [7, 11) is 0. The lowest BCUT2D eigenvalue weighted by Gasteiger charge is -2.06. The smallest absolute Gasteiger partial charge is 0.351 e. The average Bonchev–Trinajstić information content (AvgIpc) is 2.61. The predicted molar refractivity (Wildman–Crippen MR) is 107 cm³/mol. The fraction of sp³-hybridized carbons (Fsp3) is 0. The third kappa shape index (κ3) is 3.18. The van der Waals surface area contributed by atoms with Crippen LogP contribution >= 0.6 is 31.9 Å². The Morgan fingerprint density at radius 3 is 2.46 bits per heavy atom. The van der Waals surface area contributed by atoms with Crippen LogP contribution in [0.25, 0.3) is 21.7 Å². The summed E-state index contributed by atoms with van der Waals surface area (Å²) in [5.41, 5.74) is -0.526. The number of esters is 1. The van der Waals surface area contributed by atoms with Gasteiger partial charge < -0.3 is 9.15 Å². The van der Waals surface area contributed by atoms with Gasteiger partial charge in [-0.05, 0) is 57.0 Å². The van der Waals surface area contributed by atoms with E-state index in [0.29, 0.717) is 21.2 Å². The van der Waals surface area contributed by atoms with Gasteiger partial charge in [0.1, 0.15) is 11.3 Å². The Balaban J connectivity index is 1.73. The van der Waals surface area contributed by atoms with Crippen molar-refractivity contribution >= 4 is 59.6 Å². The first-order valence-electron chi connectivity index (χ1n) is 7.65. The lowest BCUT2D eigenvalue weighted by Crippen LogP contribution is -2.18. The van der Waals surface area contributed by atoms with Crippen LogP contribution in [-0.2, 0) is 0 Å². The van der Waals surface area contributed by atoms with Crippen molar-refractivity contribution in [1.82, 2.24) is 0 Å². The monoisotopic (exact) mass is 472 g/mol. The maximum absolute atomic E-state index is 12.5. The van der Waals surface area contributed by atoms with Gasteiger partial charge in [0.05, 0.1) is 4.47 Å². The molecule has 0 aliphatic heterocycles. The second-order valence-electron chi connectivity index (χ2n) is 5.65. The summed E-state index contributed by atoms with van der Waals surface area (Å²) in [5, 5.41) is 2.58. The number of halogens is 2. The molecule has 26 heavy (non-hydrogen) atoms. The van der Waals surface area contributed by atoms with Crippen molar-refractivity contribution < 1.29 is 13.9 Å². The van der Waals surface area contributed by atoms with Gasteiger partial charge in [0.25, 0.3) is 0 Å². The van der Waals surface area contributed by atoms with Crippen LogP contribution in [0.1, 0.15) is 10.4 Å². The van der Waals surface area contributed by atoms with Gasteiger partial charge in [-0.15, -0.1) is 0 Å². The van der Waals surface area contributed by atoms with E-state index in [1.54, 1.807) is 24.3 Å². The topological polar surface area (TPSA) is 56.5 Å². The van der Waals surface area contributed by atoms with Crippen molar-refractivity contribution in [2.45, 2.75) is 0 Å². The van der Waals surface area contributed by atoms with Crippen LogP contribution in [0.5, 0.6) is 5.75 Å². The summed E-state index contributed by atoms with van der Waals surface area (Å²) in [4.78, 5) is 24.7. The zero-order valence-electron chi connectivity index (χ0n) is 13.2. The van der Waals surface area contributed by atoms with Gasteiger partial charge in [0.2, 0.25) is 0 Å². The summed E-state index contributed by atoms with van der Waals surface area (Å²) in [6, 6.07) is 18.0. The van der Waals surface area contributed by atoms with Crippen LogP contribution in [0.2, 0.25) is 0 Å². The standard InChI is InChI=1S/C20H10Br2O4/c21-14-7-13-9-16(20(24)26-18(13)17(22)10-14)19(23)25-15-6-5-11-3-1-2-4-12(11)8-15/h1-10H. The molecule has 0 aliphatic carbocycles. The molecule has 0 fully saturated rings. The fourth-order valence-corrected chi connectivity index (χ4v) is 4.03. The molecule has 3 aromatic carbocycles. The van der Waals surface area contributed by atoms with E-state index < -0.39 is 11.6 Å². The molecule has 128 valence electrons. The van der Waals surface area contributed by atoms with Gasteiger partial charge in [-0.25, -0.2) is 9.59 Å². The normalized spacial score (nSPS) is 11.0. The van der Waals surface area contributed by atoms with E-state index in [-0.39, 0.29) is 5.56 Å². The molecule has 6 heteroatoms. The lowest BCUT2D eigenvalue weighted by atomic mass is 10.1. The van der Waals surface area contributed by atoms with E-state index in [9.17, 15) is 9.59 Å². The Kier molecular flexibility index (Phi) is 4.38. The van der Waals surface area contributed by atoms with Gasteiger partial charge in [-0.3, -0.25) is 0 Å². The number of carbonyl (C=O) groups excluding carboxylic acids is 1. The summed E-state index contributed by atoms with van der Waals surface area (Å²) in [5.74, 6) is -0.393. The van der Waals surface area contributed by atoms with Crippen molar-refractivity contribution in [3.63, 3.8) is 0 Å². The lowest BCUT2D eigenvalue weighted by molar-refractivity contribution is 0.0731. The second kappa shape index (κ2) is 6.70. The molecular weight excluding hydrogens is 464 g/mol. The Morgan fingerprint density at radius 2 is 1.65 bits per heavy atom. The molecule has 0 N–H and O–H groups in total. The van der Waals surface area contributed by atoms with Crippen LogP contribution in [0.4, 0.5) is 0 Å². The molecule has 0 saturated carbocycles. The highest BCUT2D eigenvalue weighted by Crippen LogP contribution is 2.28. The molecule has 4 rings (SSSR count). The van der Waals surface area contributed by atoms with Crippen molar-refractivity contribution in [1.29, 1.82) is 0 Å². The molecule has 0 radical (unpaired) electrons. The molecule has 0 unspecified atom stereocenters. The zero-order valence-corrected chi connectivity index (χ0v) is 16.3. The number of hydrogen-bond acceptors (Lipinski definition) is 4. The Labute approximate surface area is 164 Å². The Hall–Kier alpha value is -2.44. The number of fused-ring (bicyclic) bond motifs is 2. The Morgan fingerprint density at radius 1 is 0.885 bits per heavy atom. The summed E-state index contributed by atoms with van der Waals surface area (Å²) in [6.07, 6.45) is 0. The molecule has 0 spiro atoms. The van der Waals surface area contributed by atoms with E-state index >= 15 is 0 Å². The summed E-state index contributed by atoms with van der Waals surface area (Å²) >= 11 is 6.72. The van der Waals surface area contributed by atoms with Crippen molar-refractivity contribution in [2.75, 3.05) is 0 Å². The van der Waals surface area contributed by atoms with E-state index in [1.807, 2.05) is 30.3 Å². The molecule has 0 saturated heterocycles. The molecule has 0 amide bonds. The first kappa shape index (κ1) is 17.0. The number of ether oxygens (including phenoxy) is 1. The van der Waals surface area contributed by atoms with Crippen molar-refractivity contribution in [2.24, 2.45) is 0 Å². The molecule has 0 bridgehead atoms. The maximum atomic E-state index is 12.5. The van der Waals surface area contributed by atoms with Crippen LogP contribution in [0, 0.1) is 0 Å². The highest BCUT2D eigenvalue weighted by atomic mass is 79.9. The maximum Gasteiger partial charge on any atom is 0.351 e. The summed E-state index contributed by atoms with van der Waals surface area (Å²) < 4.78 is 12.1. The van der Waals surface area contributed by atoms with Crippen LogP contribution in [0.15, 0.2) is 78.8 Å². The third-order valence-electron chi connectivity index (χ3n) is 3.90. The van der Waals surface area contributed by atoms with Gasteiger partial charge in [0.15, 0.2) is 5.58 Å². The number of hydrogen-bond donors (Lipinski definition) is 0. The number of benzene rings is 3. The molecule has 4 aromatic rings. The van der Waals surface area contributed by atoms with Gasteiger partial charge in [-0.1, -0.05) is 46.3 Å². The largest absolute Gasteiger partial charge is 0.423 e. The van der Waals surface area contributed by atoms with E-state index in [0.717, 1.165) is 15.2 Å². The van der Waals surface area contributed by atoms with E-state index in [2.05, 4.69) is 31.9 Å². The van der Waals surface area contributed by atoms with Gasteiger partial charge in [0, 0.05) is 9.86 Å². The number of carbonyl (C=O) groups is 1. The van der Waals surface area contributed by atoms with Crippen molar-refractivity contribution in [3.8, 4) is 5.75 Å². The second-order valence-corrected chi connectivity index (χ2v) is 7.42. The highest BCUT2D eigenvalue weighted by molar-refractivity contribution is 9.11. The molecule has 1 aromatic heterocycles. The predicted octanol–water partition coefficient (Wildman–Crippen LogP) is 5.69.